The Morgan fingerprint density at radius 1 is 1.30 bits per heavy atom. The van der Waals surface area contributed by atoms with Gasteiger partial charge in [0.1, 0.15) is 5.75 Å². The molecular formula is C13H18BrClN2O3. The molecule has 20 heavy (non-hydrogen) atoms. The van der Waals surface area contributed by atoms with Crippen LogP contribution in [0.2, 0.25) is 5.02 Å². The zero-order valence-electron chi connectivity index (χ0n) is 11.2. The molecule has 0 saturated heterocycles. The minimum absolute atomic E-state index is 0.205. The van der Waals surface area contributed by atoms with E-state index in [9.17, 15) is 4.79 Å². The molecule has 1 aromatic carbocycles. The molecule has 7 heteroatoms. The standard InChI is InChI=1S/C13H18BrClN2O3/c1-19-8-6-17-13(18)16-5-2-7-20-12-4-3-10(14)9-11(12)15/h3-4,9H,2,5-8H2,1H3,(H2,16,17,18). The van der Waals surface area contributed by atoms with E-state index < -0.39 is 0 Å². The molecule has 1 aromatic rings. The molecule has 0 aliphatic rings. The number of amides is 2. The molecule has 0 atom stereocenters. The predicted octanol–water partition coefficient (Wildman–Crippen LogP) is 2.82. The van der Waals surface area contributed by atoms with Crippen molar-refractivity contribution in [2.75, 3.05) is 33.4 Å². The molecule has 2 amide bonds. The highest BCUT2D eigenvalue weighted by Gasteiger charge is 2.02. The number of hydrogen-bond donors (Lipinski definition) is 2. The van der Waals surface area contributed by atoms with Crippen molar-refractivity contribution in [2.24, 2.45) is 0 Å². The summed E-state index contributed by atoms with van der Waals surface area (Å²) in [5, 5.41) is 5.95. The van der Waals surface area contributed by atoms with Gasteiger partial charge in [0.2, 0.25) is 0 Å². The van der Waals surface area contributed by atoms with Gasteiger partial charge in [-0.15, -0.1) is 0 Å². The van der Waals surface area contributed by atoms with E-state index in [1.54, 1.807) is 19.2 Å². The fourth-order valence-electron chi connectivity index (χ4n) is 1.38. The van der Waals surface area contributed by atoms with Gasteiger partial charge in [0.05, 0.1) is 18.2 Å². The van der Waals surface area contributed by atoms with Gasteiger partial charge in [-0.1, -0.05) is 27.5 Å². The van der Waals surface area contributed by atoms with E-state index in [2.05, 4.69) is 26.6 Å². The Labute approximate surface area is 132 Å². The third-order valence-corrected chi connectivity index (χ3v) is 3.14. The van der Waals surface area contributed by atoms with Gasteiger partial charge in [-0.25, -0.2) is 4.79 Å². The highest BCUT2D eigenvalue weighted by molar-refractivity contribution is 9.10. The van der Waals surface area contributed by atoms with Crippen molar-refractivity contribution in [3.63, 3.8) is 0 Å². The van der Waals surface area contributed by atoms with Crippen LogP contribution in [0.1, 0.15) is 6.42 Å². The monoisotopic (exact) mass is 364 g/mol. The molecule has 0 fully saturated rings. The van der Waals surface area contributed by atoms with Crippen LogP contribution >= 0.6 is 27.5 Å². The van der Waals surface area contributed by atoms with Crippen LogP contribution in [0.4, 0.5) is 4.79 Å². The lowest BCUT2D eigenvalue weighted by Gasteiger charge is -2.09. The van der Waals surface area contributed by atoms with Crippen LogP contribution in [0.5, 0.6) is 5.75 Å². The zero-order valence-corrected chi connectivity index (χ0v) is 13.6. The van der Waals surface area contributed by atoms with Crippen molar-refractivity contribution in [1.82, 2.24) is 10.6 Å². The molecule has 0 aliphatic heterocycles. The molecule has 0 unspecified atom stereocenters. The Balaban J connectivity index is 2.11. The fraction of sp³-hybridized carbons (Fsp3) is 0.462. The Morgan fingerprint density at radius 3 is 2.75 bits per heavy atom. The molecule has 112 valence electrons. The summed E-state index contributed by atoms with van der Waals surface area (Å²) < 4.78 is 11.3. The summed E-state index contributed by atoms with van der Waals surface area (Å²) >= 11 is 9.34. The summed E-state index contributed by atoms with van der Waals surface area (Å²) in [5.74, 6) is 0.638. The molecule has 0 radical (unpaired) electrons. The van der Waals surface area contributed by atoms with Gasteiger partial charge in [0.25, 0.3) is 0 Å². The second-order valence-corrected chi connectivity index (χ2v) is 5.28. The van der Waals surface area contributed by atoms with Crippen LogP contribution in [-0.2, 0) is 4.74 Å². The first-order valence-electron chi connectivity index (χ1n) is 6.22. The minimum atomic E-state index is -0.205. The highest BCUT2D eigenvalue weighted by Crippen LogP contribution is 2.27. The van der Waals surface area contributed by atoms with Crippen LogP contribution in [0.25, 0.3) is 0 Å². The van der Waals surface area contributed by atoms with E-state index in [1.807, 2.05) is 6.07 Å². The highest BCUT2D eigenvalue weighted by atomic mass is 79.9. The Bertz CT molecular complexity index is 432. The summed E-state index contributed by atoms with van der Waals surface area (Å²) in [6.45, 7) is 2.01. The number of carbonyl (C=O) groups excluding carboxylic acids is 1. The first kappa shape index (κ1) is 17.1. The maximum absolute atomic E-state index is 11.3. The lowest BCUT2D eigenvalue weighted by molar-refractivity contribution is 0.195. The van der Waals surface area contributed by atoms with Gasteiger partial charge < -0.3 is 20.1 Å². The Morgan fingerprint density at radius 2 is 2.05 bits per heavy atom. The minimum Gasteiger partial charge on any atom is -0.492 e. The molecule has 0 bridgehead atoms. The Hall–Kier alpha value is -0.980. The first-order valence-corrected chi connectivity index (χ1v) is 7.39. The van der Waals surface area contributed by atoms with Crippen LogP contribution in [0.3, 0.4) is 0 Å². The number of methoxy groups -OCH3 is 1. The number of halogens is 2. The van der Waals surface area contributed by atoms with Gasteiger partial charge in [-0.05, 0) is 24.6 Å². The van der Waals surface area contributed by atoms with E-state index in [0.29, 0.717) is 43.5 Å². The summed E-state index contributed by atoms with van der Waals surface area (Å²) in [7, 11) is 1.59. The molecule has 1 rings (SSSR count). The molecule has 2 N–H and O–H groups in total. The maximum atomic E-state index is 11.3. The van der Waals surface area contributed by atoms with Crippen molar-refractivity contribution in [3.8, 4) is 5.75 Å². The first-order chi connectivity index (χ1) is 9.63. The van der Waals surface area contributed by atoms with Crippen molar-refractivity contribution >= 4 is 33.6 Å². The van der Waals surface area contributed by atoms with E-state index >= 15 is 0 Å². The number of nitrogens with one attached hydrogen (secondary N) is 2. The average Bonchev–Trinajstić information content (AvgIpc) is 2.41. The van der Waals surface area contributed by atoms with Gasteiger partial charge in [-0.2, -0.15) is 0 Å². The van der Waals surface area contributed by atoms with E-state index in [0.717, 1.165) is 4.47 Å². The van der Waals surface area contributed by atoms with E-state index in [4.69, 9.17) is 21.1 Å². The van der Waals surface area contributed by atoms with E-state index in [1.165, 1.54) is 0 Å². The van der Waals surface area contributed by atoms with Crippen molar-refractivity contribution in [3.05, 3.63) is 27.7 Å². The van der Waals surface area contributed by atoms with Gasteiger partial charge >= 0.3 is 6.03 Å². The molecule has 0 saturated carbocycles. The van der Waals surface area contributed by atoms with Crippen molar-refractivity contribution in [1.29, 1.82) is 0 Å². The number of urea groups is 1. The summed E-state index contributed by atoms with van der Waals surface area (Å²) in [5.41, 5.74) is 0. The van der Waals surface area contributed by atoms with Crippen molar-refractivity contribution < 1.29 is 14.3 Å². The SMILES string of the molecule is COCCNC(=O)NCCCOc1ccc(Br)cc1Cl. The number of hydrogen-bond acceptors (Lipinski definition) is 3. The van der Waals surface area contributed by atoms with Gasteiger partial charge in [0, 0.05) is 24.7 Å². The van der Waals surface area contributed by atoms with Gasteiger partial charge in [-0.3, -0.25) is 0 Å². The topological polar surface area (TPSA) is 59.6 Å². The second-order valence-electron chi connectivity index (χ2n) is 3.95. The van der Waals surface area contributed by atoms with Gasteiger partial charge in [0.15, 0.2) is 0 Å². The third-order valence-electron chi connectivity index (χ3n) is 2.35. The van der Waals surface area contributed by atoms with E-state index in [-0.39, 0.29) is 6.03 Å². The largest absolute Gasteiger partial charge is 0.492 e. The summed E-state index contributed by atoms with van der Waals surface area (Å²) in [6.07, 6.45) is 0.699. The number of rotatable bonds is 8. The molecular weight excluding hydrogens is 348 g/mol. The van der Waals surface area contributed by atoms with Crippen LogP contribution < -0.4 is 15.4 Å². The summed E-state index contributed by atoms with van der Waals surface area (Å²) in [6, 6.07) is 5.24. The van der Waals surface area contributed by atoms with Crippen LogP contribution in [-0.4, -0.2) is 39.4 Å². The molecule has 0 heterocycles. The zero-order chi connectivity index (χ0) is 14.8. The predicted molar refractivity (Wildman–Crippen MR) is 82.5 cm³/mol. The molecule has 0 spiro atoms. The van der Waals surface area contributed by atoms with Crippen LogP contribution in [0, 0.1) is 0 Å². The fourth-order valence-corrected chi connectivity index (χ4v) is 2.11. The average molecular weight is 366 g/mol. The van der Waals surface area contributed by atoms with Crippen LogP contribution in [0.15, 0.2) is 22.7 Å². The lowest BCUT2D eigenvalue weighted by atomic mass is 10.3. The second kappa shape index (κ2) is 9.85. The third kappa shape index (κ3) is 6.98. The smallest absolute Gasteiger partial charge is 0.314 e. The number of ether oxygens (including phenoxy) is 2. The molecule has 0 aromatic heterocycles. The quantitative estimate of drug-likeness (QED) is 0.697. The number of carbonyl (C=O) groups is 1. The Kier molecular flexibility index (Phi) is 8.41. The molecule has 5 nitrogen and oxygen atoms in total. The maximum Gasteiger partial charge on any atom is 0.314 e. The lowest BCUT2D eigenvalue weighted by Crippen LogP contribution is -2.38. The van der Waals surface area contributed by atoms with Crippen molar-refractivity contribution in [2.45, 2.75) is 6.42 Å². The summed E-state index contributed by atoms with van der Waals surface area (Å²) in [4.78, 5) is 11.3. The molecule has 0 aliphatic carbocycles. The normalized spacial score (nSPS) is 10.2. The number of benzene rings is 1.